The van der Waals surface area contributed by atoms with Crippen molar-refractivity contribution in [1.29, 1.82) is 0 Å². The van der Waals surface area contributed by atoms with Crippen LogP contribution in [0.4, 0.5) is 0 Å². The summed E-state index contributed by atoms with van der Waals surface area (Å²) in [5.74, 6) is 12.0. The maximum Gasteiger partial charge on any atom is 0.0607 e. The van der Waals surface area contributed by atoms with Gasteiger partial charge in [0, 0.05) is 12.1 Å². The quantitative estimate of drug-likeness (QED) is 0.416. The number of rotatable bonds is 2. The fourth-order valence-corrected chi connectivity index (χ4v) is 1.87. The molecule has 0 fully saturated rings. The number of hydrogen-bond donors (Lipinski definition) is 0. The lowest BCUT2D eigenvalue weighted by Gasteiger charge is -1.96. The van der Waals surface area contributed by atoms with E-state index >= 15 is 0 Å². The van der Waals surface area contributed by atoms with Crippen LogP contribution in [0.2, 0.25) is 18.6 Å². The van der Waals surface area contributed by atoms with Gasteiger partial charge in [0.1, 0.15) is 0 Å². The largest absolute Gasteiger partial charge is 0.107 e. The van der Waals surface area contributed by atoms with Crippen molar-refractivity contribution < 1.29 is 0 Å². The molecule has 0 atom stereocenters. The first-order valence-corrected chi connectivity index (χ1v) is 6.39. The minimum atomic E-state index is -0.585. The molecular weight excluding hydrogens is 136 g/mol. The van der Waals surface area contributed by atoms with Crippen molar-refractivity contribution in [3.8, 4) is 23.7 Å². The molecule has 1 heteroatoms. The zero-order valence-corrected chi connectivity index (χ0v) is 8.15. The molecule has 10 heavy (non-hydrogen) atoms. The summed E-state index contributed by atoms with van der Waals surface area (Å²) in [6.45, 7) is 6.11. The lowest BCUT2D eigenvalue weighted by Crippen LogP contribution is -2.02. The third-order valence-electron chi connectivity index (χ3n) is 1.25. The molecule has 0 nitrogen and oxygen atoms in total. The summed E-state index contributed by atoms with van der Waals surface area (Å²) in [5, 5.41) is 0. The smallest absolute Gasteiger partial charge is 0.0607 e. The summed E-state index contributed by atoms with van der Waals surface area (Å²) in [5.41, 5.74) is 0. The molecule has 0 spiro atoms. The molecule has 0 heterocycles. The van der Waals surface area contributed by atoms with Gasteiger partial charge in [-0.3, -0.25) is 0 Å². The summed E-state index contributed by atoms with van der Waals surface area (Å²) in [6, 6.07) is 2.23. The van der Waals surface area contributed by atoms with Crippen LogP contribution in [0.15, 0.2) is 0 Å². The van der Waals surface area contributed by atoms with Crippen LogP contribution in [0.3, 0.4) is 0 Å². The Morgan fingerprint density at radius 2 is 1.40 bits per heavy atom. The Balaban J connectivity index is 3.46. The maximum absolute atomic E-state index is 3.10. The maximum atomic E-state index is 3.10. The van der Waals surface area contributed by atoms with Crippen LogP contribution in [-0.2, 0) is 0 Å². The Labute approximate surface area is 65.6 Å². The van der Waals surface area contributed by atoms with Crippen molar-refractivity contribution in [1.82, 2.24) is 0 Å². The van der Waals surface area contributed by atoms with Gasteiger partial charge >= 0.3 is 0 Å². The summed E-state index contributed by atoms with van der Waals surface area (Å²) < 4.78 is 0. The standard InChI is InChI=1S/C9H14Si/c1-4-6-8-10(3)9-7-5-2/h10H,8-9H2,1-3H3. The molecule has 0 aromatic rings. The molecule has 0 N–H and O–H groups in total. The first-order valence-electron chi connectivity index (χ1n) is 3.60. The van der Waals surface area contributed by atoms with Crippen molar-refractivity contribution >= 4 is 8.80 Å². The van der Waals surface area contributed by atoms with Crippen molar-refractivity contribution in [2.24, 2.45) is 0 Å². The van der Waals surface area contributed by atoms with E-state index in [0.29, 0.717) is 0 Å². The van der Waals surface area contributed by atoms with E-state index in [9.17, 15) is 0 Å². The number of hydrogen-bond acceptors (Lipinski definition) is 0. The topological polar surface area (TPSA) is 0 Å². The second-order valence-electron chi connectivity index (χ2n) is 2.37. The Morgan fingerprint density at radius 1 is 1.00 bits per heavy atom. The van der Waals surface area contributed by atoms with E-state index in [1.165, 1.54) is 0 Å². The molecule has 0 unspecified atom stereocenters. The van der Waals surface area contributed by atoms with Crippen LogP contribution < -0.4 is 0 Å². The second kappa shape index (κ2) is 6.46. The summed E-state index contributed by atoms with van der Waals surface area (Å²) in [7, 11) is -0.585. The van der Waals surface area contributed by atoms with Gasteiger partial charge in [-0.2, -0.15) is 0 Å². The van der Waals surface area contributed by atoms with Gasteiger partial charge in [-0.05, 0) is 13.8 Å². The molecule has 54 valence electrons. The van der Waals surface area contributed by atoms with Crippen molar-refractivity contribution in [2.75, 3.05) is 0 Å². The van der Waals surface area contributed by atoms with Crippen LogP contribution in [0, 0.1) is 23.7 Å². The third-order valence-corrected chi connectivity index (χ3v) is 3.06. The highest BCUT2D eigenvalue weighted by Crippen LogP contribution is 1.95. The van der Waals surface area contributed by atoms with Gasteiger partial charge in [-0.15, -0.1) is 23.7 Å². The average molecular weight is 150 g/mol. The third kappa shape index (κ3) is 5.47. The second-order valence-corrected chi connectivity index (χ2v) is 5.39. The van der Waals surface area contributed by atoms with Crippen LogP contribution in [-0.4, -0.2) is 8.80 Å². The predicted octanol–water partition coefficient (Wildman–Crippen LogP) is 1.89. The molecule has 0 aliphatic heterocycles. The Hall–Kier alpha value is -0.663. The lowest BCUT2D eigenvalue weighted by molar-refractivity contribution is 1.59. The monoisotopic (exact) mass is 150 g/mol. The van der Waals surface area contributed by atoms with Crippen LogP contribution in [0.5, 0.6) is 0 Å². The van der Waals surface area contributed by atoms with Gasteiger partial charge in [-0.25, -0.2) is 0 Å². The fraction of sp³-hybridized carbons (Fsp3) is 0.556. The first kappa shape index (κ1) is 9.34. The molecule has 0 aromatic carbocycles. The van der Waals surface area contributed by atoms with Crippen molar-refractivity contribution in [3.05, 3.63) is 0 Å². The molecule has 0 rings (SSSR count). The Morgan fingerprint density at radius 3 is 1.70 bits per heavy atom. The van der Waals surface area contributed by atoms with E-state index in [1.54, 1.807) is 0 Å². The lowest BCUT2D eigenvalue weighted by atomic mass is 10.7. The van der Waals surface area contributed by atoms with E-state index in [4.69, 9.17) is 0 Å². The van der Waals surface area contributed by atoms with Gasteiger partial charge in [0.05, 0.1) is 8.80 Å². The minimum Gasteiger partial charge on any atom is -0.107 e. The molecule has 0 aliphatic rings. The Bertz CT molecular complexity index is 162. The van der Waals surface area contributed by atoms with Gasteiger partial charge < -0.3 is 0 Å². The van der Waals surface area contributed by atoms with E-state index in [2.05, 4.69) is 30.2 Å². The van der Waals surface area contributed by atoms with E-state index in [1.807, 2.05) is 13.8 Å². The summed E-state index contributed by atoms with van der Waals surface area (Å²) in [6.07, 6.45) is 0. The summed E-state index contributed by atoms with van der Waals surface area (Å²) in [4.78, 5) is 0. The fourth-order valence-electron chi connectivity index (χ4n) is 0.625. The van der Waals surface area contributed by atoms with Gasteiger partial charge in [0.15, 0.2) is 0 Å². The van der Waals surface area contributed by atoms with Gasteiger partial charge in [0.2, 0.25) is 0 Å². The van der Waals surface area contributed by atoms with Crippen molar-refractivity contribution in [3.63, 3.8) is 0 Å². The minimum absolute atomic E-state index is 0.585. The zero-order valence-electron chi connectivity index (χ0n) is 6.99. The molecular formula is C9H14Si. The average Bonchev–Trinajstić information content (AvgIpc) is 1.97. The van der Waals surface area contributed by atoms with Gasteiger partial charge in [0.25, 0.3) is 0 Å². The highest BCUT2D eigenvalue weighted by Gasteiger charge is 1.96. The van der Waals surface area contributed by atoms with Crippen LogP contribution >= 0.6 is 0 Å². The molecule has 0 saturated carbocycles. The molecule has 0 saturated heterocycles. The normalized spacial score (nSPS) is 7.60. The summed E-state index contributed by atoms with van der Waals surface area (Å²) >= 11 is 0. The molecule has 0 bridgehead atoms. The van der Waals surface area contributed by atoms with Crippen LogP contribution in [0.25, 0.3) is 0 Å². The molecule has 0 aromatic heterocycles. The zero-order chi connectivity index (χ0) is 7.82. The molecule has 0 radical (unpaired) electrons. The van der Waals surface area contributed by atoms with Crippen molar-refractivity contribution in [2.45, 2.75) is 32.5 Å². The van der Waals surface area contributed by atoms with E-state index < -0.39 is 8.80 Å². The highest BCUT2D eigenvalue weighted by atomic mass is 28.3. The van der Waals surface area contributed by atoms with E-state index in [-0.39, 0.29) is 0 Å². The first-order chi connectivity index (χ1) is 4.81. The highest BCUT2D eigenvalue weighted by molar-refractivity contribution is 6.58. The van der Waals surface area contributed by atoms with Crippen LogP contribution in [0.1, 0.15) is 13.8 Å². The predicted molar refractivity (Wildman–Crippen MR) is 49.5 cm³/mol. The SMILES string of the molecule is CC#CC[SiH](C)CC#CC. The molecule has 0 aliphatic carbocycles. The molecule has 0 amide bonds. The van der Waals surface area contributed by atoms with Gasteiger partial charge in [-0.1, -0.05) is 6.55 Å². The Kier molecular flexibility index (Phi) is 6.03. The van der Waals surface area contributed by atoms with E-state index in [0.717, 1.165) is 12.1 Å².